The summed E-state index contributed by atoms with van der Waals surface area (Å²) >= 11 is 0. The predicted octanol–water partition coefficient (Wildman–Crippen LogP) is 5.88. The Morgan fingerprint density at radius 1 is 0.833 bits per heavy atom. The SMILES string of the molecule is O=C1CCC(C2CCC(c3ccc4c(c3)CCC(P)=C4)CC2)CC1. The second-order valence-electron chi connectivity index (χ2n) is 8.17. The van der Waals surface area contributed by atoms with E-state index < -0.39 is 0 Å². The molecule has 4 rings (SSSR count). The lowest BCUT2D eigenvalue weighted by atomic mass is 9.69. The van der Waals surface area contributed by atoms with Crippen molar-refractivity contribution in [3.63, 3.8) is 0 Å². The summed E-state index contributed by atoms with van der Waals surface area (Å²) < 4.78 is 0. The van der Waals surface area contributed by atoms with E-state index in [4.69, 9.17) is 0 Å². The molecular formula is C22H29OP. The zero-order valence-electron chi connectivity index (χ0n) is 14.6. The fourth-order valence-electron chi connectivity index (χ4n) is 5.15. The Morgan fingerprint density at radius 3 is 2.29 bits per heavy atom. The Hall–Kier alpha value is -0.940. The Morgan fingerprint density at radius 2 is 1.54 bits per heavy atom. The van der Waals surface area contributed by atoms with Crippen LogP contribution >= 0.6 is 9.24 Å². The standard InChI is InChI=1S/C22H29OP/c23-21-10-7-16(8-11-21)15-1-3-17(4-2-15)18-5-6-20-14-22(24)12-9-19(20)13-18/h5-6,13-17H,1-4,7-12,24H2. The number of ketones is 1. The van der Waals surface area contributed by atoms with E-state index in [2.05, 4.69) is 33.5 Å². The average molecular weight is 340 g/mol. The molecule has 128 valence electrons. The van der Waals surface area contributed by atoms with Gasteiger partial charge in [0.05, 0.1) is 0 Å². The highest BCUT2D eigenvalue weighted by Gasteiger charge is 2.30. The van der Waals surface area contributed by atoms with Gasteiger partial charge in [-0.2, -0.15) is 0 Å². The molecule has 24 heavy (non-hydrogen) atoms. The van der Waals surface area contributed by atoms with E-state index in [9.17, 15) is 4.79 Å². The highest BCUT2D eigenvalue weighted by atomic mass is 31.0. The number of rotatable bonds is 2. The molecule has 0 saturated heterocycles. The fourth-order valence-corrected chi connectivity index (χ4v) is 5.47. The normalized spacial score (nSPS) is 28.4. The van der Waals surface area contributed by atoms with E-state index in [0.717, 1.165) is 43.4 Å². The quantitative estimate of drug-likeness (QED) is 0.614. The topological polar surface area (TPSA) is 17.1 Å². The summed E-state index contributed by atoms with van der Waals surface area (Å²) in [6, 6.07) is 7.21. The van der Waals surface area contributed by atoms with Crippen LogP contribution in [-0.2, 0) is 11.2 Å². The number of fused-ring (bicyclic) bond motifs is 1. The fraction of sp³-hybridized carbons (Fsp3) is 0.591. The second kappa shape index (κ2) is 7.12. The van der Waals surface area contributed by atoms with Crippen LogP contribution in [0.15, 0.2) is 23.5 Å². The molecular weight excluding hydrogens is 311 g/mol. The van der Waals surface area contributed by atoms with Crippen LogP contribution in [-0.4, -0.2) is 5.78 Å². The summed E-state index contributed by atoms with van der Waals surface area (Å²) in [7, 11) is 2.87. The van der Waals surface area contributed by atoms with Crippen LogP contribution in [0.4, 0.5) is 0 Å². The van der Waals surface area contributed by atoms with E-state index in [-0.39, 0.29) is 0 Å². The first-order valence-electron chi connectivity index (χ1n) is 9.79. The van der Waals surface area contributed by atoms with Crippen molar-refractivity contribution in [2.45, 2.75) is 70.1 Å². The third kappa shape index (κ3) is 3.52. The van der Waals surface area contributed by atoms with Crippen molar-refractivity contribution in [1.82, 2.24) is 0 Å². The summed E-state index contributed by atoms with van der Waals surface area (Å²) in [4.78, 5) is 11.5. The number of carbonyl (C=O) groups excluding carboxylic acids is 1. The Balaban J connectivity index is 1.38. The van der Waals surface area contributed by atoms with Gasteiger partial charge >= 0.3 is 0 Å². The minimum atomic E-state index is 0.497. The zero-order chi connectivity index (χ0) is 16.5. The number of Topliss-reactive ketones (excluding diaryl/α,β-unsaturated/α-hetero) is 1. The van der Waals surface area contributed by atoms with Crippen molar-refractivity contribution >= 4 is 21.1 Å². The first-order valence-corrected chi connectivity index (χ1v) is 10.4. The summed E-state index contributed by atoms with van der Waals surface area (Å²) in [5.74, 6) is 2.97. The van der Waals surface area contributed by atoms with Crippen LogP contribution in [0.2, 0.25) is 0 Å². The van der Waals surface area contributed by atoms with Crippen LogP contribution in [0.3, 0.4) is 0 Å². The Kier molecular flexibility index (Phi) is 4.90. The van der Waals surface area contributed by atoms with Gasteiger partial charge < -0.3 is 0 Å². The number of benzene rings is 1. The molecule has 2 fully saturated rings. The molecule has 1 aromatic carbocycles. The molecule has 0 spiro atoms. The maximum atomic E-state index is 11.5. The van der Waals surface area contributed by atoms with Crippen LogP contribution in [0.5, 0.6) is 0 Å². The van der Waals surface area contributed by atoms with E-state index in [1.807, 2.05) is 0 Å². The van der Waals surface area contributed by atoms with Crippen molar-refractivity contribution in [2.24, 2.45) is 11.8 Å². The largest absolute Gasteiger partial charge is 0.300 e. The first kappa shape index (κ1) is 16.5. The third-order valence-corrected chi connectivity index (χ3v) is 7.14. The summed E-state index contributed by atoms with van der Waals surface area (Å²) in [6.07, 6.45) is 14.2. The predicted molar refractivity (Wildman–Crippen MR) is 104 cm³/mol. The van der Waals surface area contributed by atoms with Crippen LogP contribution in [0.1, 0.15) is 80.4 Å². The third-order valence-electron chi connectivity index (χ3n) is 6.69. The van der Waals surface area contributed by atoms with E-state index in [1.54, 1.807) is 11.1 Å². The number of hydrogen-bond acceptors (Lipinski definition) is 1. The number of aryl methyl sites for hydroxylation is 1. The van der Waals surface area contributed by atoms with Crippen LogP contribution in [0.25, 0.3) is 6.08 Å². The molecule has 2 saturated carbocycles. The van der Waals surface area contributed by atoms with E-state index in [0.29, 0.717) is 5.78 Å². The lowest BCUT2D eigenvalue weighted by molar-refractivity contribution is -0.121. The minimum absolute atomic E-state index is 0.497. The highest BCUT2D eigenvalue weighted by molar-refractivity contribution is 7.22. The number of allylic oxidation sites excluding steroid dienone is 1. The molecule has 0 aliphatic heterocycles. The van der Waals surface area contributed by atoms with Crippen molar-refractivity contribution < 1.29 is 4.79 Å². The van der Waals surface area contributed by atoms with Gasteiger partial charge in [-0.1, -0.05) is 29.6 Å². The van der Waals surface area contributed by atoms with Gasteiger partial charge in [0.1, 0.15) is 5.78 Å². The molecule has 1 unspecified atom stereocenters. The number of carbonyl (C=O) groups is 1. The maximum Gasteiger partial charge on any atom is 0.132 e. The van der Waals surface area contributed by atoms with Crippen molar-refractivity contribution in [1.29, 1.82) is 0 Å². The molecule has 0 aromatic heterocycles. The Bertz CT molecular complexity index is 642. The second-order valence-corrected chi connectivity index (χ2v) is 8.91. The monoisotopic (exact) mass is 340 g/mol. The van der Waals surface area contributed by atoms with Crippen LogP contribution in [0, 0.1) is 11.8 Å². The van der Waals surface area contributed by atoms with Gasteiger partial charge in [-0.15, -0.1) is 9.24 Å². The molecule has 0 heterocycles. The van der Waals surface area contributed by atoms with Gasteiger partial charge in [0.25, 0.3) is 0 Å². The first-order chi connectivity index (χ1) is 11.7. The molecule has 0 N–H and O–H groups in total. The van der Waals surface area contributed by atoms with E-state index in [1.165, 1.54) is 49.4 Å². The number of hydrogen-bond donors (Lipinski definition) is 0. The summed E-state index contributed by atoms with van der Waals surface area (Å²) in [5, 5.41) is 1.43. The van der Waals surface area contributed by atoms with Crippen molar-refractivity contribution in [2.75, 3.05) is 0 Å². The maximum absolute atomic E-state index is 11.5. The van der Waals surface area contributed by atoms with Gasteiger partial charge in [-0.05, 0) is 85.8 Å². The molecule has 0 bridgehead atoms. The molecule has 1 aromatic rings. The molecule has 1 atom stereocenters. The van der Waals surface area contributed by atoms with Crippen LogP contribution < -0.4 is 0 Å². The molecule has 3 aliphatic rings. The van der Waals surface area contributed by atoms with Gasteiger partial charge in [0, 0.05) is 12.8 Å². The summed E-state index contributed by atoms with van der Waals surface area (Å²) in [5.41, 5.74) is 4.55. The molecule has 0 radical (unpaired) electrons. The molecule has 3 aliphatic carbocycles. The Labute approximate surface area is 148 Å². The minimum Gasteiger partial charge on any atom is -0.300 e. The van der Waals surface area contributed by atoms with Gasteiger partial charge in [0.2, 0.25) is 0 Å². The highest BCUT2D eigenvalue weighted by Crippen LogP contribution is 2.43. The van der Waals surface area contributed by atoms with E-state index >= 15 is 0 Å². The van der Waals surface area contributed by atoms with Gasteiger partial charge in [-0.3, -0.25) is 4.79 Å². The summed E-state index contributed by atoms with van der Waals surface area (Å²) in [6.45, 7) is 0. The lowest BCUT2D eigenvalue weighted by Crippen LogP contribution is -2.25. The molecule has 0 amide bonds. The molecule has 1 nitrogen and oxygen atoms in total. The molecule has 2 heteroatoms. The van der Waals surface area contributed by atoms with Crippen molar-refractivity contribution in [3.05, 3.63) is 40.2 Å². The zero-order valence-corrected chi connectivity index (χ0v) is 15.8. The smallest absolute Gasteiger partial charge is 0.132 e. The van der Waals surface area contributed by atoms with Crippen molar-refractivity contribution in [3.8, 4) is 0 Å². The average Bonchev–Trinajstić information content (AvgIpc) is 2.62. The van der Waals surface area contributed by atoms with Gasteiger partial charge in [-0.25, -0.2) is 0 Å². The lowest BCUT2D eigenvalue weighted by Gasteiger charge is -2.36. The van der Waals surface area contributed by atoms with Gasteiger partial charge in [0.15, 0.2) is 0 Å².